The lowest BCUT2D eigenvalue weighted by molar-refractivity contribution is 0.0287. The van der Waals surface area contributed by atoms with Gasteiger partial charge in [-0.3, -0.25) is 9.88 Å². The predicted molar refractivity (Wildman–Crippen MR) is 188 cm³/mol. The van der Waals surface area contributed by atoms with Gasteiger partial charge in [0.15, 0.2) is 5.82 Å². The first kappa shape index (κ1) is 35.2. The molecule has 0 spiro atoms. The van der Waals surface area contributed by atoms with E-state index in [9.17, 15) is 13.6 Å². The third-order valence-corrected chi connectivity index (χ3v) is 9.74. The summed E-state index contributed by atoms with van der Waals surface area (Å²) in [5.74, 6) is 1.57. The van der Waals surface area contributed by atoms with Crippen molar-refractivity contribution in [3.05, 3.63) is 53.7 Å². The van der Waals surface area contributed by atoms with E-state index in [1.54, 1.807) is 29.2 Å². The number of ether oxygens (including phenoxy) is 2. The molecule has 3 aliphatic heterocycles. The van der Waals surface area contributed by atoms with Gasteiger partial charge in [-0.2, -0.15) is 9.97 Å². The first-order valence-electron chi connectivity index (χ1n) is 17.0. The van der Waals surface area contributed by atoms with Crippen LogP contribution in [0, 0.1) is 29.9 Å². The van der Waals surface area contributed by atoms with Gasteiger partial charge in [0.05, 0.1) is 24.1 Å². The van der Waals surface area contributed by atoms with Crippen LogP contribution < -0.4 is 9.64 Å². The van der Waals surface area contributed by atoms with Crippen LogP contribution in [0.5, 0.6) is 6.01 Å². The first-order valence-corrected chi connectivity index (χ1v) is 17.0. The minimum atomic E-state index is -0.715. The number of amides is 1. The molecule has 9 nitrogen and oxygen atoms in total. The molecule has 3 aliphatic rings. The van der Waals surface area contributed by atoms with Crippen LogP contribution in [0.1, 0.15) is 52.5 Å². The minimum Gasteiger partial charge on any atom is -0.467 e. The number of likely N-dealkylation sites (N-methyl/N-ethyl adjacent to an activating group) is 1. The smallest absolute Gasteiger partial charge is 0.410 e. The van der Waals surface area contributed by atoms with Gasteiger partial charge in [-0.25, -0.2) is 18.0 Å². The Balaban J connectivity index is 0.000000412. The Morgan fingerprint density at radius 3 is 2.60 bits per heavy atom. The van der Waals surface area contributed by atoms with Crippen molar-refractivity contribution in [2.75, 3.05) is 45.2 Å². The highest BCUT2D eigenvalue weighted by Gasteiger charge is 2.38. The standard InChI is InChI=1S/C31H31F2N5O3.C7H12FN/c1-8-19-22(32)13-12-18-10-9-11-20(24(18)19)26-25(33)27-21(14-34-26)28(36-29(35-27)40-7)37(6)23-16-38(15-17(23)2)30(39)41-31(3,4)5;8-6-4-7-2-1-3-9(7)5-6/h1,9-14,17,23H,15-16H2,2-7H3;6-7H,1-5H2/t17-,23?;/m0./s1. The monoisotopic (exact) mass is 688 g/mol. The summed E-state index contributed by atoms with van der Waals surface area (Å²) in [5, 5.41) is 1.41. The van der Waals surface area contributed by atoms with Gasteiger partial charge in [-0.15, -0.1) is 6.42 Å². The van der Waals surface area contributed by atoms with Gasteiger partial charge < -0.3 is 19.3 Å². The zero-order chi connectivity index (χ0) is 35.9. The van der Waals surface area contributed by atoms with Crippen molar-refractivity contribution >= 4 is 33.6 Å². The number of pyridine rings is 1. The van der Waals surface area contributed by atoms with Crippen LogP contribution in [0.4, 0.5) is 23.8 Å². The van der Waals surface area contributed by atoms with E-state index in [2.05, 4.69) is 25.8 Å². The molecule has 5 heterocycles. The fourth-order valence-electron chi connectivity index (χ4n) is 7.37. The maximum Gasteiger partial charge on any atom is 0.410 e. The maximum absolute atomic E-state index is 16.3. The molecule has 12 heteroatoms. The number of fused-ring (bicyclic) bond motifs is 3. The van der Waals surface area contributed by atoms with Crippen LogP contribution in [0.2, 0.25) is 0 Å². The Morgan fingerprint density at radius 1 is 1.12 bits per heavy atom. The number of terminal acetylenes is 1. The third-order valence-electron chi connectivity index (χ3n) is 9.74. The van der Waals surface area contributed by atoms with Crippen molar-refractivity contribution in [1.82, 2.24) is 24.8 Å². The van der Waals surface area contributed by atoms with Crippen LogP contribution in [0.3, 0.4) is 0 Å². The van der Waals surface area contributed by atoms with Gasteiger partial charge in [0, 0.05) is 49.9 Å². The summed E-state index contributed by atoms with van der Waals surface area (Å²) in [6.45, 7) is 10.3. The summed E-state index contributed by atoms with van der Waals surface area (Å²) < 4.78 is 54.4. The molecule has 0 N–H and O–H groups in total. The maximum atomic E-state index is 16.3. The highest BCUT2D eigenvalue weighted by Crippen LogP contribution is 2.37. The number of hydrogen-bond acceptors (Lipinski definition) is 8. The van der Waals surface area contributed by atoms with E-state index in [1.807, 2.05) is 39.6 Å². The van der Waals surface area contributed by atoms with Gasteiger partial charge in [0.2, 0.25) is 0 Å². The lowest BCUT2D eigenvalue weighted by Gasteiger charge is -2.29. The van der Waals surface area contributed by atoms with Crippen LogP contribution in [-0.4, -0.2) is 95.0 Å². The molecule has 3 unspecified atom stereocenters. The molecule has 0 bridgehead atoms. The summed E-state index contributed by atoms with van der Waals surface area (Å²) >= 11 is 0. The topological polar surface area (TPSA) is 83.9 Å². The van der Waals surface area contributed by atoms with Crippen LogP contribution in [0.25, 0.3) is 32.9 Å². The molecular formula is C38H43F3N6O3. The molecule has 2 aromatic carbocycles. The molecule has 4 aromatic rings. The highest BCUT2D eigenvalue weighted by atomic mass is 19.1. The number of carbonyl (C=O) groups is 1. The van der Waals surface area contributed by atoms with Crippen LogP contribution in [-0.2, 0) is 4.74 Å². The molecule has 4 atom stereocenters. The van der Waals surface area contributed by atoms with Crippen molar-refractivity contribution < 1.29 is 27.4 Å². The van der Waals surface area contributed by atoms with Gasteiger partial charge >= 0.3 is 12.1 Å². The Kier molecular flexibility index (Phi) is 9.82. The van der Waals surface area contributed by atoms with Crippen molar-refractivity contribution in [3.63, 3.8) is 0 Å². The molecule has 0 radical (unpaired) electrons. The SMILES string of the molecule is C#Cc1c(F)ccc2cccc(-c3ncc4c(N(C)C5CN(C(=O)OC(C)(C)C)C[C@@H]5C)nc(OC)nc4c3F)c12.FC1CC2CCCN2C1. The summed E-state index contributed by atoms with van der Waals surface area (Å²) in [6, 6.07) is 8.48. The molecule has 3 fully saturated rings. The number of alkyl halides is 1. The molecule has 264 valence electrons. The Morgan fingerprint density at radius 2 is 1.90 bits per heavy atom. The quantitative estimate of drug-likeness (QED) is 0.212. The molecule has 0 aliphatic carbocycles. The molecule has 0 saturated carbocycles. The number of benzene rings is 2. The molecule has 2 aromatic heterocycles. The van der Waals surface area contributed by atoms with Gasteiger partial charge in [-0.05, 0) is 63.9 Å². The summed E-state index contributed by atoms with van der Waals surface area (Å²) in [6.07, 6.45) is 9.56. The van der Waals surface area contributed by atoms with Gasteiger partial charge in [0.1, 0.15) is 34.6 Å². The largest absolute Gasteiger partial charge is 0.467 e. The predicted octanol–water partition coefficient (Wildman–Crippen LogP) is 7.00. The van der Waals surface area contributed by atoms with Crippen LogP contribution >= 0.6 is 0 Å². The van der Waals surface area contributed by atoms with E-state index in [0.717, 1.165) is 13.0 Å². The van der Waals surface area contributed by atoms with E-state index in [0.29, 0.717) is 53.2 Å². The summed E-state index contributed by atoms with van der Waals surface area (Å²) in [7, 11) is 3.24. The number of carbonyl (C=O) groups excluding carboxylic acids is 1. The number of halogens is 3. The van der Waals surface area contributed by atoms with Crippen molar-refractivity contribution in [2.45, 2.75) is 70.8 Å². The van der Waals surface area contributed by atoms with Crippen molar-refractivity contribution in [1.29, 1.82) is 0 Å². The Hall–Kier alpha value is -4.63. The van der Waals surface area contributed by atoms with E-state index >= 15 is 4.39 Å². The molecule has 1 amide bonds. The fraction of sp³-hybridized carbons (Fsp3) is 0.474. The number of anilines is 1. The third kappa shape index (κ3) is 6.88. The first-order chi connectivity index (χ1) is 23.8. The van der Waals surface area contributed by atoms with Gasteiger partial charge in [0.25, 0.3) is 0 Å². The molecular weight excluding hydrogens is 645 g/mol. The molecule has 3 saturated heterocycles. The zero-order valence-corrected chi connectivity index (χ0v) is 29.3. The second-order valence-electron chi connectivity index (χ2n) is 14.4. The van der Waals surface area contributed by atoms with E-state index in [1.165, 1.54) is 32.2 Å². The summed E-state index contributed by atoms with van der Waals surface area (Å²) in [4.78, 5) is 31.9. The highest BCUT2D eigenvalue weighted by molar-refractivity contribution is 6.02. The zero-order valence-electron chi connectivity index (χ0n) is 29.3. The number of nitrogens with zero attached hydrogens (tertiary/aromatic N) is 6. The Bertz CT molecular complexity index is 1950. The lowest BCUT2D eigenvalue weighted by Crippen LogP contribution is -2.40. The summed E-state index contributed by atoms with van der Waals surface area (Å²) in [5.41, 5.74) is -0.263. The van der Waals surface area contributed by atoms with Crippen LogP contribution in [0.15, 0.2) is 36.5 Å². The number of rotatable bonds is 4. The molecule has 50 heavy (non-hydrogen) atoms. The van der Waals surface area contributed by atoms with E-state index in [4.69, 9.17) is 15.9 Å². The lowest BCUT2D eigenvalue weighted by atomic mass is 9.96. The Labute approximate surface area is 290 Å². The second kappa shape index (κ2) is 13.9. The average molecular weight is 689 g/mol. The van der Waals surface area contributed by atoms with E-state index in [-0.39, 0.29) is 40.8 Å². The van der Waals surface area contributed by atoms with Crippen molar-refractivity contribution in [2.24, 2.45) is 5.92 Å². The van der Waals surface area contributed by atoms with Crippen molar-refractivity contribution in [3.8, 4) is 29.6 Å². The number of methoxy groups -OCH3 is 1. The number of hydrogen-bond donors (Lipinski definition) is 0. The minimum absolute atomic E-state index is 0.00554. The average Bonchev–Trinajstić information content (AvgIpc) is 3.78. The number of aromatic nitrogens is 3. The number of likely N-dealkylation sites (tertiary alicyclic amines) is 1. The van der Waals surface area contributed by atoms with E-state index < -0.39 is 23.4 Å². The molecule has 7 rings (SSSR count). The van der Waals surface area contributed by atoms with Gasteiger partial charge in [-0.1, -0.05) is 37.1 Å². The normalized spacial score (nSPS) is 21.9. The second-order valence-corrected chi connectivity index (χ2v) is 14.4. The fourth-order valence-corrected chi connectivity index (χ4v) is 7.37.